The zero-order valence-corrected chi connectivity index (χ0v) is 9.99. The zero-order valence-electron chi connectivity index (χ0n) is 9.17. The first-order valence-electron chi connectivity index (χ1n) is 4.97. The molecule has 0 aromatic heterocycles. The molecule has 1 aromatic carbocycles. The van der Waals surface area contributed by atoms with Gasteiger partial charge in [0, 0.05) is 0 Å². The average molecular weight is 268 g/mol. The Bertz CT molecular complexity index is 395. The lowest BCUT2D eigenvalue weighted by Gasteiger charge is -2.26. The second-order valence-electron chi connectivity index (χ2n) is 3.77. The SMILES string of the molecule is CN[C@@H]1COCc2cc(C(F)(F)F)ccc21.Cl. The topological polar surface area (TPSA) is 21.3 Å². The molecule has 1 aliphatic rings. The maximum absolute atomic E-state index is 12.5. The Morgan fingerprint density at radius 1 is 1.35 bits per heavy atom. The van der Waals surface area contributed by atoms with Gasteiger partial charge in [-0.15, -0.1) is 12.4 Å². The van der Waals surface area contributed by atoms with Gasteiger partial charge in [-0.25, -0.2) is 0 Å². The van der Waals surface area contributed by atoms with Crippen molar-refractivity contribution in [2.24, 2.45) is 0 Å². The molecule has 1 aromatic rings. The van der Waals surface area contributed by atoms with Crippen molar-refractivity contribution in [3.63, 3.8) is 0 Å². The molecule has 0 aliphatic carbocycles. The van der Waals surface area contributed by atoms with Crippen LogP contribution in [0.25, 0.3) is 0 Å². The maximum Gasteiger partial charge on any atom is 0.416 e. The highest BCUT2D eigenvalue weighted by molar-refractivity contribution is 5.85. The Morgan fingerprint density at radius 2 is 2.06 bits per heavy atom. The van der Waals surface area contributed by atoms with E-state index in [0.29, 0.717) is 12.2 Å². The summed E-state index contributed by atoms with van der Waals surface area (Å²) in [5.41, 5.74) is 0.883. The van der Waals surface area contributed by atoms with Crippen LogP contribution in [0.2, 0.25) is 0 Å². The van der Waals surface area contributed by atoms with Crippen molar-refractivity contribution in [3.8, 4) is 0 Å². The lowest BCUT2D eigenvalue weighted by molar-refractivity contribution is -0.137. The Labute approximate surface area is 104 Å². The minimum absolute atomic E-state index is 0. The molecular formula is C11H13ClF3NO. The molecule has 6 heteroatoms. The number of likely N-dealkylation sites (N-methyl/N-ethyl adjacent to an activating group) is 1. The number of fused-ring (bicyclic) bond motifs is 1. The van der Waals surface area contributed by atoms with Crippen LogP contribution in [0.1, 0.15) is 22.7 Å². The molecule has 0 bridgehead atoms. The summed E-state index contributed by atoms with van der Waals surface area (Å²) in [7, 11) is 1.76. The molecule has 0 radical (unpaired) electrons. The minimum atomic E-state index is -4.29. The summed E-state index contributed by atoms with van der Waals surface area (Å²) in [6.07, 6.45) is -4.29. The smallest absolute Gasteiger partial charge is 0.375 e. The van der Waals surface area contributed by atoms with E-state index in [4.69, 9.17) is 4.74 Å². The van der Waals surface area contributed by atoms with Crippen LogP contribution in [0.3, 0.4) is 0 Å². The maximum atomic E-state index is 12.5. The Morgan fingerprint density at radius 3 is 2.65 bits per heavy atom. The van der Waals surface area contributed by atoms with E-state index in [-0.39, 0.29) is 25.1 Å². The molecule has 17 heavy (non-hydrogen) atoms. The third kappa shape index (κ3) is 2.91. The van der Waals surface area contributed by atoms with Gasteiger partial charge in [0.15, 0.2) is 0 Å². The molecule has 1 N–H and O–H groups in total. The number of halogens is 4. The van der Waals surface area contributed by atoms with Gasteiger partial charge in [-0.2, -0.15) is 13.2 Å². The highest BCUT2D eigenvalue weighted by atomic mass is 35.5. The largest absolute Gasteiger partial charge is 0.416 e. The van der Waals surface area contributed by atoms with Gasteiger partial charge in [-0.1, -0.05) is 6.07 Å². The van der Waals surface area contributed by atoms with Gasteiger partial charge in [-0.3, -0.25) is 0 Å². The number of rotatable bonds is 1. The predicted molar refractivity (Wildman–Crippen MR) is 60.1 cm³/mol. The number of nitrogens with one attached hydrogen (secondary N) is 1. The molecule has 96 valence electrons. The first-order valence-corrected chi connectivity index (χ1v) is 4.97. The van der Waals surface area contributed by atoms with Gasteiger partial charge in [0.2, 0.25) is 0 Å². The van der Waals surface area contributed by atoms with Crippen LogP contribution in [-0.4, -0.2) is 13.7 Å². The fourth-order valence-electron chi connectivity index (χ4n) is 1.86. The van der Waals surface area contributed by atoms with Crippen LogP contribution < -0.4 is 5.32 Å². The molecular weight excluding hydrogens is 255 g/mol. The highest BCUT2D eigenvalue weighted by Gasteiger charge is 2.32. The zero-order chi connectivity index (χ0) is 11.8. The molecule has 0 saturated carbocycles. The van der Waals surface area contributed by atoms with Crippen LogP contribution in [-0.2, 0) is 17.5 Å². The van der Waals surface area contributed by atoms with Crippen molar-refractivity contribution < 1.29 is 17.9 Å². The van der Waals surface area contributed by atoms with E-state index < -0.39 is 11.7 Å². The second-order valence-corrected chi connectivity index (χ2v) is 3.77. The molecule has 0 spiro atoms. The molecule has 0 fully saturated rings. The fraction of sp³-hybridized carbons (Fsp3) is 0.455. The molecule has 2 rings (SSSR count). The van der Waals surface area contributed by atoms with Gasteiger partial charge in [0.1, 0.15) is 0 Å². The molecule has 1 atom stereocenters. The van der Waals surface area contributed by atoms with Crippen molar-refractivity contribution in [1.29, 1.82) is 0 Å². The van der Waals surface area contributed by atoms with Crippen LogP contribution in [0, 0.1) is 0 Å². The number of benzene rings is 1. The van der Waals surface area contributed by atoms with Crippen LogP contribution in [0.4, 0.5) is 13.2 Å². The van der Waals surface area contributed by atoms with Crippen molar-refractivity contribution in [2.45, 2.75) is 18.8 Å². The van der Waals surface area contributed by atoms with Gasteiger partial charge < -0.3 is 10.1 Å². The van der Waals surface area contributed by atoms with E-state index in [0.717, 1.165) is 11.6 Å². The summed E-state index contributed by atoms with van der Waals surface area (Å²) < 4.78 is 42.7. The van der Waals surface area contributed by atoms with Crippen molar-refractivity contribution in [3.05, 3.63) is 34.9 Å². The number of hydrogen-bond acceptors (Lipinski definition) is 2. The number of alkyl halides is 3. The highest BCUT2D eigenvalue weighted by Crippen LogP contribution is 2.33. The fourth-order valence-corrected chi connectivity index (χ4v) is 1.86. The Hall–Kier alpha value is -0.780. The summed E-state index contributed by atoms with van der Waals surface area (Å²) >= 11 is 0. The number of ether oxygens (including phenoxy) is 1. The first-order chi connectivity index (χ1) is 7.52. The van der Waals surface area contributed by atoms with Crippen molar-refractivity contribution >= 4 is 12.4 Å². The lowest BCUT2D eigenvalue weighted by atomic mass is 9.97. The van der Waals surface area contributed by atoms with E-state index in [2.05, 4.69) is 5.32 Å². The molecule has 1 aliphatic heterocycles. The Kier molecular flexibility index (Phi) is 4.41. The second kappa shape index (κ2) is 5.25. The van der Waals surface area contributed by atoms with Gasteiger partial charge in [-0.05, 0) is 30.3 Å². The first kappa shape index (κ1) is 14.3. The summed E-state index contributed by atoms with van der Waals surface area (Å²) in [6, 6.07) is 3.79. The summed E-state index contributed by atoms with van der Waals surface area (Å²) in [6.45, 7) is 0.742. The van der Waals surface area contributed by atoms with E-state index in [1.165, 1.54) is 12.1 Å². The third-order valence-corrected chi connectivity index (χ3v) is 2.74. The normalized spacial score (nSPS) is 19.4. The van der Waals surface area contributed by atoms with E-state index >= 15 is 0 Å². The predicted octanol–water partition coefficient (Wildman–Crippen LogP) is 2.92. The van der Waals surface area contributed by atoms with E-state index in [1.54, 1.807) is 7.05 Å². The van der Waals surface area contributed by atoms with Gasteiger partial charge in [0.05, 0.1) is 24.8 Å². The lowest BCUT2D eigenvalue weighted by Crippen LogP contribution is -2.27. The monoisotopic (exact) mass is 267 g/mol. The van der Waals surface area contributed by atoms with Crippen LogP contribution >= 0.6 is 12.4 Å². The molecule has 1 heterocycles. The van der Waals surface area contributed by atoms with E-state index in [9.17, 15) is 13.2 Å². The average Bonchev–Trinajstić information content (AvgIpc) is 2.26. The number of hydrogen-bond donors (Lipinski definition) is 1. The van der Waals surface area contributed by atoms with Gasteiger partial charge >= 0.3 is 6.18 Å². The molecule has 0 saturated heterocycles. The van der Waals surface area contributed by atoms with Gasteiger partial charge in [0.25, 0.3) is 0 Å². The Balaban J connectivity index is 0.00000144. The molecule has 2 nitrogen and oxygen atoms in total. The minimum Gasteiger partial charge on any atom is -0.375 e. The van der Waals surface area contributed by atoms with Crippen molar-refractivity contribution in [2.75, 3.05) is 13.7 Å². The molecule has 0 amide bonds. The molecule has 0 unspecified atom stereocenters. The third-order valence-electron chi connectivity index (χ3n) is 2.74. The van der Waals surface area contributed by atoms with E-state index in [1.807, 2.05) is 0 Å². The standard InChI is InChI=1S/C11H12F3NO.ClH/c1-15-10-6-16-5-7-4-8(11(12,13)14)2-3-9(7)10;/h2-4,10,15H,5-6H2,1H3;1H/t10-;/m1./s1. The summed E-state index contributed by atoms with van der Waals surface area (Å²) in [4.78, 5) is 0. The summed E-state index contributed by atoms with van der Waals surface area (Å²) in [5, 5.41) is 3.01. The van der Waals surface area contributed by atoms with Crippen LogP contribution in [0.5, 0.6) is 0 Å². The van der Waals surface area contributed by atoms with Crippen LogP contribution in [0.15, 0.2) is 18.2 Å². The van der Waals surface area contributed by atoms with Crippen molar-refractivity contribution in [1.82, 2.24) is 5.32 Å². The summed E-state index contributed by atoms with van der Waals surface area (Å²) in [5.74, 6) is 0. The quantitative estimate of drug-likeness (QED) is 0.845.